The molecule has 0 aliphatic carbocycles. The first-order valence-corrected chi connectivity index (χ1v) is 8.24. The Morgan fingerprint density at radius 2 is 1.91 bits per heavy atom. The van der Waals surface area contributed by atoms with E-state index in [2.05, 4.69) is 24.0 Å². The number of rotatable bonds is 3. The van der Waals surface area contributed by atoms with E-state index < -0.39 is 0 Å². The minimum Gasteiger partial charge on any atom is -0.493 e. The molecule has 22 heavy (non-hydrogen) atoms. The van der Waals surface area contributed by atoms with E-state index in [1.54, 1.807) is 14.2 Å². The highest BCUT2D eigenvalue weighted by Crippen LogP contribution is 2.44. The largest absolute Gasteiger partial charge is 0.493 e. The molecule has 0 radical (unpaired) electrons. The van der Waals surface area contributed by atoms with Crippen LogP contribution in [0.15, 0.2) is 12.1 Å². The Balaban J connectivity index is 0.00000176. The van der Waals surface area contributed by atoms with Gasteiger partial charge in [0, 0.05) is 24.5 Å². The summed E-state index contributed by atoms with van der Waals surface area (Å²) in [6.07, 6.45) is 3.27. The summed E-state index contributed by atoms with van der Waals surface area (Å²) >= 11 is 6.62. The standard InChI is InChI=1S/C17H24ClNO2.ClH/c1-4-11-10-19-6-5-12-7-16(20-2)17(21-3)8-13(12)15(19)9-14(11)18;/h7-8,11,14-15H,4-6,9-10H2,1-3H3;1H. The molecule has 3 atom stereocenters. The van der Waals surface area contributed by atoms with E-state index in [-0.39, 0.29) is 17.8 Å². The molecule has 3 rings (SSSR count). The van der Waals surface area contributed by atoms with Gasteiger partial charge in [-0.15, -0.1) is 24.0 Å². The van der Waals surface area contributed by atoms with E-state index in [1.807, 2.05) is 0 Å². The molecule has 2 aliphatic rings. The van der Waals surface area contributed by atoms with Crippen LogP contribution in [0.1, 0.15) is 36.9 Å². The fourth-order valence-corrected chi connectivity index (χ4v) is 4.21. The van der Waals surface area contributed by atoms with Crippen LogP contribution < -0.4 is 9.47 Å². The Kier molecular flexibility index (Phi) is 5.87. The van der Waals surface area contributed by atoms with Gasteiger partial charge in [0.25, 0.3) is 0 Å². The molecule has 1 saturated heterocycles. The summed E-state index contributed by atoms with van der Waals surface area (Å²) in [6, 6.07) is 4.72. The number of piperidine rings is 1. The molecular formula is C17H25Cl2NO2. The van der Waals surface area contributed by atoms with E-state index in [1.165, 1.54) is 11.1 Å². The van der Waals surface area contributed by atoms with Gasteiger partial charge in [-0.05, 0) is 42.0 Å². The summed E-state index contributed by atoms with van der Waals surface area (Å²) in [6.45, 7) is 4.47. The van der Waals surface area contributed by atoms with Gasteiger partial charge >= 0.3 is 0 Å². The molecule has 3 unspecified atom stereocenters. The van der Waals surface area contributed by atoms with Crippen LogP contribution in [0.25, 0.3) is 0 Å². The third-order valence-corrected chi connectivity index (χ3v) is 5.60. The molecule has 2 aliphatic heterocycles. The average molecular weight is 346 g/mol. The van der Waals surface area contributed by atoms with E-state index >= 15 is 0 Å². The van der Waals surface area contributed by atoms with E-state index in [0.29, 0.717) is 12.0 Å². The van der Waals surface area contributed by atoms with Crippen LogP contribution in [0.5, 0.6) is 11.5 Å². The lowest BCUT2D eigenvalue weighted by molar-refractivity contribution is 0.0997. The summed E-state index contributed by atoms with van der Waals surface area (Å²) in [5.41, 5.74) is 2.76. The highest BCUT2D eigenvalue weighted by molar-refractivity contribution is 6.20. The van der Waals surface area contributed by atoms with Crippen LogP contribution in [0.3, 0.4) is 0 Å². The van der Waals surface area contributed by atoms with Gasteiger partial charge in [-0.1, -0.05) is 13.3 Å². The number of methoxy groups -OCH3 is 2. The van der Waals surface area contributed by atoms with Crippen LogP contribution in [0, 0.1) is 5.92 Å². The molecule has 1 aromatic rings. The first-order chi connectivity index (χ1) is 10.2. The van der Waals surface area contributed by atoms with Crippen LogP contribution in [-0.4, -0.2) is 37.6 Å². The Labute approximate surface area is 144 Å². The van der Waals surface area contributed by atoms with Crippen molar-refractivity contribution in [3.8, 4) is 11.5 Å². The zero-order valence-corrected chi connectivity index (χ0v) is 15.0. The van der Waals surface area contributed by atoms with Crippen molar-refractivity contribution in [2.24, 2.45) is 5.92 Å². The highest BCUT2D eigenvalue weighted by Gasteiger charge is 2.37. The van der Waals surface area contributed by atoms with Crippen LogP contribution >= 0.6 is 24.0 Å². The van der Waals surface area contributed by atoms with Gasteiger partial charge in [0.05, 0.1) is 14.2 Å². The number of hydrogen-bond acceptors (Lipinski definition) is 3. The van der Waals surface area contributed by atoms with Gasteiger partial charge in [-0.3, -0.25) is 4.90 Å². The first kappa shape index (κ1) is 17.7. The maximum Gasteiger partial charge on any atom is 0.161 e. The Hall–Kier alpha value is -0.640. The molecule has 5 heteroatoms. The van der Waals surface area contributed by atoms with Crippen molar-refractivity contribution < 1.29 is 9.47 Å². The molecule has 0 bridgehead atoms. The SMILES string of the molecule is CCC1CN2CCc3cc(OC)c(OC)cc3C2CC1Cl.Cl. The molecule has 2 heterocycles. The van der Waals surface area contributed by atoms with Crippen molar-refractivity contribution >= 4 is 24.0 Å². The summed E-state index contributed by atoms with van der Waals surface area (Å²) in [7, 11) is 3.39. The van der Waals surface area contributed by atoms with Crippen molar-refractivity contribution in [3.63, 3.8) is 0 Å². The lowest BCUT2D eigenvalue weighted by Gasteiger charge is -2.45. The van der Waals surface area contributed by atoms with Gasteiger partial charge < -0.3 is 9.47 Å². The number of hydrogen-bond donors (Lipinski definition) is 0. The maximum atomic E-state index is 6.62. The van der Waals surface area contributed by atoms with Gasteiger partial charge in [0.15, 0.2) is 11.5 Å². The lowest BCUT2D eigenvalue weighted by Crippen LogP contribution is -2.46. The predicted octanol–water partition coefficient (Wildman–Crippen LogP) is 4.06. The second kappa shape index (κ2) is 7.29. The molecule has 0 saturated carbocycles. The van der Waals surface area contributed by atoms with E-state index in [9.17, 15) is 0 Å². The van der Waals surface area contributed by atoms with Crippen molar-refractivity contribution in [2.75, 3.05) is 27.3 Å². The normalized spacial score (nSPS) is 27.4. The lowest BCUT2D eigenvalue weighted by atomic mass is 9.82. The number of benzene rings is 1. The molecular weight excluding hydrogens is 321 g/mol. The van der Waals surface area contributed by atoms with Gasteiger partial charge in [-0.25, -0.2) is 0 Å². The topological polar surface area (TPSA) is 21.7 Å². The Morgan fingerprint density at radius 3 is 2.55 bits per heavy atom. The highest BCUT2D eigenvalue weighted by atomic mass is 35.5. The molecule has 0 N–H and O–H groups in total. The minimum absolute atomic E-state index is 0. The Bertz CT molecular complexity index is 524. The van der Waals surface area contributed by atoms with Gasteiger partial charge in [0.1, 0.15) is 0 Å². The second-order valence-corrected chi connectivity index (χ2v) is 6.65. The number of fused-ring (bicyclic) bond motifs is 3. The quantitative estimate of drug-likeness (QED) is 0.771. The molecule has 3 nitrogen and oxygen atoms in total. The van der Waals surface area contributed by atoms with Gasteiger partial charge in [-0.2, -0.15) is 0 Å². The zero-order chi connectivity index (χ0) is 15.0. The molecule has 124 valence electrons. The van der Waals surface area contributed by atoms with Crippen molar-refractivity contribution in [1.29, 1.82) is 0 Å². The summed E-state index contributed by atoms with van der Waals surface area (Å²) < 4.78 is 10.9. The van der Waals surface area contributed by atoms with Crippen molar-refractivity contribution in [2.45, 2.75) is 37.6 Å². The number of ether oxygens (including phenoxy) is 2. The molecule has 1 aromatic carbocycles. The Morgan fingerprint density at radius 1 is 1.23 bits per heavy atom. The third-order valence-electron chi connectivity index (χ3n) is 5.07. The van der Waals surface area contributed by atoms with Crippen molar-refractivity contribution in [3.05, 3.63) is 23.3 Å². The second-order valence-electron chi connectivity index (χ2n) is 6.09. The molecule has 0 amide bonds. The monoisotopic (exact) mass is 345 g/mol. The maximum absolute atomic E-state index is 6.62. The van der Waals surface area contributed by atoms with E-state index in [0.717, 1.165) is 43.9 Å². The summed E-state index contributed by atoms with van der Waals surface area (Å²) in [5.74, 6) is 2.26. The number of nitrogens with zero attached hydrogens (tertiary/aromatic N) is 1. The van der Waals surface area contributed by atoms with Gasteiger partial charge in [0.2, 0.25) is 0 Å². The summed E-state index contributed by atoms with van der Waals surface area (Å²) in [4.78, 5) is 2.60. The zero-order valence-electron chi connectivity index (χ0n) is 13.5. The molecule has 0 aromatic heterocycles. The van der Waals surface area contributed by atoms with Crippen molar-refractivity contribution in [1.82, 2.24) is 4.90 Å². The fraction of sp³-hybridized carbons (Fsp3) is 0.647. The van der Waals surface area contributed by atoms with Crippen LogP contribution in [-0.2, 0) is 6.42 Å². The smallest absolute Gasteiger partial charge is 0.161 e. The third kappa shape index (κ3) is 3.04. The number of alkyl halides is 1. The molecule has 1 fully saturated rings. The fourth-order valence-electron chi connectivity index (χ4n) is 3.78. The summed E-state index contributed by atoms with van der Waals surface area (Å²) in [5, 5.41) is 0.273. The van der Waals surface area contributed by atoms with E-state index in [4.69, 9.17) is 21.1 Å². The van der Waals surface area contributed by atoms with Crippen LogP contribution in [0.2, 0.25) is 0 Å². The average Bonchev–Trinajstić information content (AvgIpc) is 2.52. The van der Waals surface area contributed by atoms with Crippen LogP contribution in [0.4, 0.5) is 0 Å². The minimum atomic E-state index is 0. The number of halogens is 2. The first-order valence-electron chi connectivity index (χ1n) is 7.80. The molecule has 0 spiro atoms. The predicted molar refractivity (Wildman–Crippen MR) is 92.9 cm³/mol.